The van der Waals surface area contributed by atoms with E-state index in [1.165, 1.54) is 6.92 Å². The molecular weight excluding hydrogens is 194 g/mol. The number of hydrogen-bond acceptors (Lipinski definition) is 3. The molecule has 4 heteroatoms. The smallest absolute Gasteiger partial charge is 0.408 e. The molecule has 1 rings (SSSR count). The van der Waals surface area contributed by atoms with Gasteiger partial charge in [-0.05, 0) is 12.5 Å². The van der Waals surface area contributed by atoms with E-state index < -0.39 is 12.1 Å². The van der Waals surface area contributed by atoms with Crippen LogP contribution in [0, 0.1) is 0 Å². The van der Waals surface area contributed by atoms with E-state index in [1.54, 1.807) is 6.29 Å². The minimum Gasteiger partial charge on any atom is -0.445 e. The fraction of sp³-hybridized carbons (Fsp3) is 0.273. The number of carbonyl (C=O) groups excluding carboxylic acids is 2. The molecule has 0 aliphatic heterocycles. The lowest BCUT2D eigenvalue weighted by Gasteiger charge is -2.07. The first-order chi connectivity index (χ1) is 7.22. The Kier molecular flexibility index (Phi) is 4.34. The van der Waals surface area contributed by atoms with Gasteiger partial charge in [-0.25, -0.2) is 4.79 Å². The molecule has 1 amide bonds. The maximum absolute atomic E-state index is 11.1. The Morgan fingerprint density at radius 1 is 1.47 bits per heavy atom. The first kappa shape index (κ1) is 11.2. The zero-order valence-corrected chi connectivity index (χ0v) is 8.40. The standard InChI is InChI=1S/C11H12NO3/c1-9(7-13)12-11(14)15-8-10-5-3-2-4-6-10/h2-6,9H,8H2,1H3,(H,12,14)/t9-/m0/s1. The Morgan fingerprint density at radius 2 is 2.13 bits per heavy atom. The van der Waals surface area contributed by atoms with Crippen LogP contribution in [0.2, 0.25) is 0 Å². The first-order valence-electron chi connectivity index (χ1n) is 4.57. The van der Waals surface area contributed by atoms with Crippen molar-refractivity contribution in [2.45, 2.75) is 19.6 Å². The minimum absolute atomic E-state index is 0.193. The van der Waals surface area contributed by atoms with Crippen molar-refractivity contribution >= 4 is 12.4 Å². The van der Waals surface area contributed by atoms with Crippen molar-refractivity contribution in [2.24, 2.45) is 0 Å². The molecule has 0 saturated carbocycles. The largest absolute Gasteiger partial charge is 0.445 e. The van der Waals surface area contributed by atoms with Gasteiger partial charge in [-0.1, -0.05) is 30.3 Å². The summed E-state index contributed by atoms with van der Waals surface area (Å²) in [6.45, 7) is 1.72. The predicted molar refractivity (Wildman–Crippen MR) is 54.9 cm³/mol. The fourth-order valence-electron chi connectivity index (χ4n) is 0.971. The number of rotatable bonds is 4. The van der Waals surface area contributed by atoms with Gasteiger partial charge < -0.3 is 10.1 Å². The summed E-state index contributed by atoms with van der Waals surface area (Å²) in [5, 5.41) is 2.32. The van der Waals surface area contributed by atoms with E-state index in [1.807, 2.05) is 30.3 Å². The molecule has 0 aromatic heterocycles. The number of ether oxygens (including phenoxy) is 1. The molecule has 0 heterocycles. The summed E-state index contributed by atoms with van der Waals surface area (Å²) in [6, 6.07) is 8.66. The van der Waals surface area contributed by atoms with Crippen molar-refractivity contribution in [3.05, 3.63) is 35.9 Å². The van der Waals surface area contributed by atoms with Crippen LogP contribution in [0.1, 0.15) is 12.5 Å². The summed E-state index contributed by atoms with van der Waals surface area (Å²) in [6.07, 6.45) is 1.02. The molecule has 0 bridgehead atoms. The van der Waals surface area contributed by atoms with Crippen molar-refractivity contribution in [3.63, 3.8) is 0 Å². The third-order valence-electron chi connectivity index (χ3n) is 1.72. The van der Waals surface area contributed by atoms with Crippen molar-refractivity contribution in [1.29, 1.82) is 0 Å². The molecule has 15 heavy (non-hydrogen) atoms. The summed E-state index contributed by atoms with van der Waals surface area (Å²) in [5.74, 6) is 0. The first-order valence-corrected chi connectivity index (χ1v) is 4.57. The SMILES string of the molecule is C[C@@H]([C]=O)NC(=O)OCc1ccccc1. The molecule has 0 unspecified atom stereocenters. The molecule has 0 aliphatic carbocycles. The Morgan fingerprint density at radius 3 is 2.73 bits per heavy atom. The van der Waals surface area contributed by atoms with Crippen molar-refractivity contribution in [3.8, 4) is 0 Å². The summed E-state index contributed by atoms with van der Waals surface area (Å²) in [7, 11) is 0. The second-order valence-electron chi connectivity index (χ2n) is 3.05. The molecule has 1 aromatic rings. The van der Waals surface area contributed by atoms with Crippen LogP contribution in [0.4, 0.5) is 4.79 Å². The van der Waals surface area contributed by atoms with Gasteiger partial charge in [0.25, 0.3) is 0 Å². The van der Waals surface area contributed by atoms with Crippen molar-refractivity contribution in [1.82, 2.24) is 5.32 Å². The van der Waals surface area contributed by atoms with Crippen LogP contribution >= 0.6 is 0 Å². The lowest BCUT2D eigenvalue weighted by molar-refractivity contribution is 0.138. The van der Waals surface area contributed by atoms with Crippen LogP contribution in [-0.2, 0) is 16.1 Å². The second-order valence-corrected chi connectivity index (χ2v) is 3.05. The zero-order valence-electron chi connectivity index (χ0n) is 8.40. The van der Waals surface area contributed by atoms with E-state index in [0.717, 1.165) is 5.56 Å². The average Bonchev–Trinajstić information content (AvgIpc) is 2.27. The predicted octanol–water partition coefficient (Wildman–Crippen LogP) is 1.41. The fourth-order valence-corrected chi connectivity index (χ4v) is 0.971. The summed E-state index contributed by atoms with van der Waals surface area (Å²) in [5.41, 5.74) is 0.899. The second kappa shape index (κ2) is 5.80. The van der Waals surface area contributed by atoms with Crippen LogP contribution in [0.25, 0.3) is 0 Å². The van der Waals surface area contributed by atoms with Crippen LogP contribution in [0.15, 0.2) is 30.3 Å². The highest BCUT2D eigenvalue weighted by Gasteiger charge is 2.07. The lowest BCUT2D eigenvalue weighted by atomic mass is 10.2. The maximum Gasteiger partial charge on any atom is 0.408 e. The molecule has 0 aliphatic rings. The molecule has 0 fully saturated rings. The number of benzene rings is 1. The van der Waals surface area contributed by atoms with Crippen molar-refractivity contribution < 1.29 is 14.3 Å². The van der Waals surface area contributed by atoms with Gasteiger partial charge in [0.2, 0.25) is 6.29 Å². The van der Waals surface area contributed by atoms with E-state index in [9.17, 15) is 9.59 Å². The van der Waals surface area contributed by atoms with Gasteiger partial charge in [-0.2, -0.15) is 0 Å². The van der Waals surface area contributed by atoms with Crippen molar-refractivity contribution in [2.75, 3.05) is 0 Å². The number of amides is 1. The van der Waals surface area contributed by atoms with Crippen LogP contribution < -0.4 is 5.32 Å². The topological polar surface area (TPSA) is 55.4 Å². The number of carbonyl (C=O) groups is 1. The molecule has 0 saturated heterocycles. The third kappa shape index (κ3) is 4.26. The van der Waals surface area contributed by atoms with Gasteiger partial charge in [0.05, 0.1) is 6.04 Å². The van der Waals surface area contributed by atoms with E-state index in [2.05, 4.69) is 5.32 Å². The van der Waals surface area contributed by atoms with E-state index >= 15 is 0 Å². The summed E-state index contributed by atoms with van der Waals surface area (Å²) < 4.78 is 4.87. The Bertz CT molecular complexity index is 324. The molecule has 1 N–H and O–H groups in total. The lowest BCUT2D eigenvalue weighted by Crippen LogP contribution is -2.33. The zero-order chi connectivity index (χ0) is 11.1. The molecule has 4 nitrogen and oxygen atoms in total. The van der Waals surface area contributed by atoms with Gasteiger partial charge in [-0.15, -0.1) is 0 Å². The van der Waals surface area contributed by atoms with Gasteiger partial charge in [0.1, 0.15) is 6.61 Å². The number of hydrogen-bond donors (Lipinski definition) is 1. The normalized spacial score (nSPS) is 11.5. The van der Waals surface area contributed by atoms with E-state index in [4.69, 9.17) is 4.74 Å². The van der Waals surface area contributed by atoms with Gasteiger partial charge in [0, 0.05) is 0 Å². The average molecular weight is 206 g/mol. The summed E-state index contributed by atoms with van der Waals surface area (Å²) >= 11 is 0. The Hall–Kier alpha value is -1.84. The highest BCUT2D eigenvalue weighted by Crippen LogP contribution is 2.00. The van der Waals surface area contributed by atoms with Crippen LogP contribution in [0.3, 0.4) is 0 Å². The molecule has 1 aromatic carbocycles. The molecule has 79 valence electrons. The number of alkyl carbamates (subject to hydrolysis) is 1. The van der Waals surface area contributed by atoms with Crippen LogP contribution in [0.5, 0.6) is 0 Å². The molecule has 0 spiro atoms. The van der Waals surface area contributed by atoms with Gasteiger partial charge in [-0.3, -0.25) is 4.79 Å². The van der Waals surface area contributed by atoms with Gasteiger partial charge in [0.15, 0.2) is 0 Å². The highest BCUT2D eigenvalue weighted by atomic mass is 16.5. The summed E-state index contributed by atoms with van der Waals surface area (Å²) in [4.78, 5) is 21.2. The van der Waals surface area contributed by atoms with E-state index in [-0.39, 0.29) is 6.61 Å². The van der Waals surface area contributed by atoms with E-state index in [0.29, 0.717) is 0 Å². The Balaban J connectivity index is 2.31. The molecule has 1 atom stereocenters. The monoisotopic (exact) mass is 206 g/mol. The Labute approximate surface area is 88.2 Å². The maximum atomic E-state index is 11.1. The molecular formula is C11H12NO3. The minimum atomic E-state index is -0.645. The molecule has 1 radical (unpaired) electrons. The van der Waals surface area contributed by atoms with Gasteiger partial charge >= 0.3 is 6.09 Å². The number of nitrogens with one attached hydrogen (secondary N) is 1. The quantitative estimate of drug-likeness (QED) is 0.810. The van der Waals surface area contributed by atoms with Crippen LogP contribution in [-0.4, -0.2) is 18.4 Å². The highest BCUT2D eigenvalue weighted by molar-refractivity contribution is 5.72. The third-order valence-corrected chi connectivity index (χ3v) is 1.72.